The Morgan fingerprint density at radius 3 is 3.16 bits per heavy atom. The Morgan fingerprint density at radius 2 is 2.32 bits per heavy atom. The average Bonchev–Trinajstić information content (AvgIpc) is 2.87. The molecule has 0 fully saturated rings. The lowest BCUT2D eigenvalue weighted by Gasteiger charge is -2.24. The van der Waals surface area contributed by atoms with Gasteiger partial charge in [-0.05, 0) is 43.2 Å². The summed E-state index contributed by atoms with van der Waals surface area (Å²) in [6.45, 7) is 1.88. The number of aromatic nitrogens is 2. The summed E-state index contributed by atoms with van der Waals surface area (Å²) in [5.41, 5.74) is 1.42. The van der Waals surface area contributed by atoms with Gasteiger partial charge in [-0.3, -0.25) is 0 Å². The first-order valence-electron chi connectivity index (χ1n) is 6.49. The van der Waals surface area contributed by atoms with E-state index in [4.69, 9.17) is 4.74 Å². The summed E-state index contributed by atoms with van der Waals surface area (Å²) in [6.07, 6.45) is 3.58. The van der Waals surface area contributed by atoms with Crippen molar-refractivity contribution in [3.8, 4) is 5.88 Å². The number of anilines is 1. The van der Waals surface area contributed by atoms with E-state index in [0.717, 1.165) is 18.1 Å². The molecule has 0 radical (unpaired) electrons. The molecule has 0 bridgehead atoms. The fourth-order valence-electron chi connectivity index (χ4n) is 2.53. The van der Waals surface area contributed by atoms with Crippen LogP contribution in [0.15, 0.2) is 17.5 Å². The van der Waals surface area contributed by atoms with E-state index in [1.165, 1.54) is 23.3 Å². The van der Waals surface area contributed by atoms with Gasteiger partial charge >= 0.3 is 0 Å². The number of hydrogen-bond donors (Lipinski definition) is 1. The highest BCUT2D eigenvalue weighted by atomic mass is 32.1. The van der Waals surface area contributed by atoms with Crippen molar-refractivity contribution in [1.29, 1.82) is 0 Å². The first-order valence-corrected chi connectivity index (χ1v) is 7.36. The Morgan fingerprint density at radius 1 is 1.42 bits per heavy atom. The molecule has 0 aromatic carbocycles. The van der Waals surface area contributed by atoms with Crippen molar-refractivity contribution in [2.24, 2.45) is 0 Å². The summed E-state index contributed by atoms with van der Waals surface area (Å²) in [5, 5.41) is 5.69. The molecule has 1 aliphatic rings. The van der Waals surface area contributed by atoms with Gasteiger partial charge in [0.15, 0.2) is 0 Å². The lowest BCUT2D eigenvalue weighted by atomic mass is 9.94. The molecule has 2 aromatic heterocycles. The molecule has 1 atom stereocenters. The molecule has 2 heterocycles. The van der Waals surface area contributed by atoms with Gasteiger partial charge in [0.1, 0.15) is 11.6 Å². The summed E-state index contributed by atoms with van der Waals surface area (Å²) < 4.78 is 5.19. The number of hydrogen-bond acceptors (Lipinski definition) is 5. The fourth-order valence-corrected chi connectivity index (χ4v) is 3.52. The van der Waals surface area contributed by atoms with Gasteiger partial charge in [0, 0.05) is 10.9 Å². The number of methoxy groups -OCH3 is 1. The molecule has 0 saturated carbocycles. The highest BCUT2D eigenvalue weighted by Gasteiger charge is 2.21. The summed E-state index contributed by atoms with van der Waals surface area (Å²) in [7, 11) is 1.63. The number of aryl methyl sites for hydroxylation is 2. The van der Waals surface area contributed by atoms with Crippen molar-refractivity contribution in [3.05, 3.63) is 33.8 Å². The summed E-state index contributed by atoms with van der Waals surface area (Å²) >= 11 is 1.85. The van der Waals surface area contributed by atoms with Crippen molar-refractivity contribution in [3.63, 3.8) is 0 Å². The van der Waals surface area contributed by atoms with Gasteiger partial charge in [0.05, 0.1) is 13.2 Å². The second-order valence-electron chi connectivity index (χ2n) is 4.73. The molecule has 0 aliphatic heterocycles. The second kappa shape index (κ2) is 5.17. The van der Waals surface area contributed by atoms with Crippen LogP contribution in [0.5, 0.6) is 5.88 Å². The predicted molar refractivity (Wildman–Crippen MR) is 76.9 cm³/mol. The standard InChI is InChI=1S/C14H17N3OS/c1-9-15-13(8-14(16-9)18-2)17-11-4-3-5-12-10(11)6-7-19-12/h6-8,11H,3-5H2,1-2H3,(H,15,16,17). The first kappa shape index (κ1) is 12.4. The predicted octanol–water partition coefficient (Wildman–Crippen LogP) is 3.34. The SMILES string of the molecule is COc1cc(NC2CCCc3sccc32)nc(C)n1. The molecule has 1 unspecified atom stereocenters. The molecule has 5 heteroatoms. The van der Waals surface area contributed by atoms with E-state index in [1.807, 2.05) is 24.3 Å². The van der Waals surface area contributed by atoms with Crippen LogP contribution in [0.4, 0.5) is 5.82 Å². The largest absolute Gasteiger partial charge is 0.481 e. The topological polar surface area (TPSA) is 47.0 Å². The van der Waals surface area contributed by atoms with Crippen LogP contribution in [0.25, 0.3) is 0 Å². The lowest BCUT2D eigenvalue weighted by Crippen LogP contribution is -2.16. The average molecular weight is 275 g/mol. The Kier molecular flexibility index (Phi) is 3.38. The number of rotatable bonds is 3. The quantitative estimate of drug-likeness (QED) is 0.933. The minimum absolute atomic E-state index is 0.356. The number of ether oxygens (including phenoxy) is 1. The van der Waals surface area contributed by atoms with Crippen LogP contribution < -0.4 is 10.1 Å². The van der Waals surface area contributed by atoms with E-state index < -0.39 is 0 Å². The van der Waals surface area contributed by atoms with E-state index in [2.05, 4.69) is 26.7 Å². The Bertz CT molecular complexity index is 582. The molecule has 1 aliphatic carbocycles. The van der Waals surface area contributed by atoms with Crippen LogP contribution >= 0.6 is 11.3 Å². The third-order valence-electron chi connectivity index (χ3n) is 3.40. The third-order valence-corrected chi connectivity index (χ3v) is 4.39. The molecule has 19 heavy (non-hydrogen) atoms. The molecule has 0 saturated heterocycles. The normalized spacial score (nSPS) is 17.9. The van der Waals surface area contributed by atoms with Gasteiger partial charge in [0.25, 0.3) is 0 Å². The Balaban J connectivity index is 1.85. The fraction of sp³-hybridized carbons (Fsp3) is 0.429. The van der Waals surface area contributed by atoms with E-state index in [0.29, 0.717) is 11.9 Å². The summed E-state index contributed by atoms with van der Waals surface area (Å²) in [4.78, 5) is 10.1. The van der Waals surface area contributed by atoms with Crippen LogP contribution in [-0.2, 0) is 6.42 Å². The number of fused-ring (bicyclic) bond motifs is 1. The highest BCUT2D eigenvalue weighted by molar-refractivity contribution is 7.10. The molecule has 0 amide bonds. The molecule has 0 spiro atoms. The number of nitrogens with one attached hydrogen (secondary N) is 1. The zero-order valence-electron chi connectivity index (χ0n) is 11.1. The summed E-state index contributed by atoms with van der Waals surface area (Å²) in [5.74, 6) is 2.17. The van der Waals surface area contributed by atoms with E-state index in [1.54, 1.807) is 7.11 Å². The molecule has 2 aromatic rings. The minimum Gasteiger partial charge on any atom is -0.481 e. The molecular weight excluding hydrogens is 258 g/mol. The van der Waals surface area contributed by atoms with Gasteiger partial charge < -0.3 is 10.1 Å². The van der Waals surface area contributed by atoms with Crippen LogP contribution in [0.2, 0.25) is 0 Å². The number of thiophene rings is 1. The highest BCUT2D eigenvalue weighted by Crippen LogP contribution is 2.35. The van der Waals surface area contributed by atoms with E-state index >= 15 is 0 Å². The zero-order chi connectivity index (χ0) is 13.2. The van der Waals surface area contributed by atoms with Crippen LogP contribution in [0.1, 0.15) is 35.1 Å². The van der Waals surface area contributed by atoms with Crippen molar-refractivity contribution in [2.75, 3.05) is 12.4 Å². The van der Waals surface area contributed by atoms with E-state index in [-0.39, 0.29) is 0 Å². The molecule has 4 nitrogen and oxygen atoms in total. The van der Waals surface area contributed by atoms with Gasteiger partial charge in [-0.1, -0.05) is 0 Å². The van der Waals surface area contributed by atoms with Gasteiger partial charge in [0.2, 0.25) is 5.88 Å². The minimum atomic E-state index is 0.356. The van der Waals surface area contributed by atoms with Crippen molar-refractivity contribution < 1.29 is 4.74 Å². The van der Waals surface area contributed by atoms with Gasteiger partial charge in [-0.15, -0.1) is 11.3 Å². The summed E-state index contributed by atoms with van der Waals surface area (Å²) in [6, 6.07) is 4.43. The van der Waals surface area contributed by atoms with Crippen LogP contribution in [0.3, 0.4) is 0 Å². The maximum absolute atomic E-state index is 5.19. The third kappa shape index (κ3) is 2.56. The lowest BCUT2D eigenvalue weighted by molar-refractivity contribution is 0.395. The first-order chi connectivity index (χ1) is 9.26. The van der Waals surface area contributed by atoms with Gasteiger partial charge in [-0.2, -0.15) is 4.98 Å². The van der Waals surface area contributed by atoms with Crippen LogP contribution in [-0.4, -0.2) is 17.1 Å². The van der Waals surface area contributed by atoms with E-state index in [9.17, 15) is 0 Å². The van der Waals surface area contributed by atoms with Crippen molar-refractivity contribution in [1.82, 2.24) is 9.97 Å². The molecule has 100 valence electrons. The smallest absolute Gasteiger partial charge is 0.218 e. The van der Waals surface area contributed by atoms with Gasteiger partial charge in [-0.25, -0.2) is 4.98 Å². The Hall–Kier alpha value is -1.62. The monoisotopic (exact) mass is 275 g/mol. The Labute approximate surface area is 116 Å². The zero-order valence-corrected chi connectivity index (χ0v) is 12.0. The van der Waals surface area contributed by atoms with Crippen molar-refractivity contribution in [2.45, 2.75) is 32.2 Å². The second-order valence-corrected chi connectivity index (χ2v) is 5.73. The molecule has 1 N–H and O–H groups in total. The van der Waals surface area contributed by atoms with Crippen LogP contribution in [0, 0.1) is 6.92 Å². The molecule has 3 rings (SSSR count). The van der Waals surface area contributed by atoms with Crippen molar-refractivity contribution >= 4 is 17.2 Å². The maximum atomic E-state index is 5.19. The number of nitrogens with zero attached hydrogens (tertiary/aromatic N) is 2. The maximum Gasteiger partial charge on any atom is 0.218 e. The molecular formula is C14H17N3OS.